The van der Waals surface area contributed by atoms with Crippen molar-refractivity contribution in [3.05, 3.63) is 56.2 Å². The predicted octanol–water partition coefficient (Wildman–Crippen LogP) is 4.32. The fourth-order valence-corrected chi connectivity index (χ4v) is 3.22. The van der Waals surface area contributed by atoms with E-state index in [-0.39, 0.29) is 0 Å². The number of likely N-dealkylation sites (N-methyl/N-ethyl adjacent to an activating group) is 1. The lowest BCUT2D eigenvalue weighted by molar-refractivity contribution is 0.590. The maximum atomic E-state index is 3.61. The highest BCUT2D eigenvalue weighted by atomic mass is 79.9. The van der Waals surface area contributed by atoms with Crippen molar-refractivity contribution < 1.29 is 0 Å². The highest BCUT2D eigenvalue weighted by molar-refractivity contribution is 9.10. The first-order valence-electron chi connectivity index (χ1n) is 5.67. The van der Waals surface area contributed by atoms with Crippen LogP contribution in [0.3, 0.4) is 0 Å². The molecule has 1 atom stereocenters. The predicted molar refractivity (Wildman–Crippen MR) is 78.7 cm³/mol. The molecule has 0 fully saturated rings. The monoisotopic (exact) mass is 309 g/mol. The second kappa shape index (κ2) is 5.80. The molecular formula is C14H16BrNS. The van der Waals surface area contributed by atoms with Gasteiger partial charge in [0.25, 0.3) is 0 Å². The summed E-state index contributed by atoms with van der Waals surface area (Å²) in [5.74, 6) is 0. The summed E-state index contributed by atoms with van der Waals surface area (Å²) < 4.78 is 1.19. The summed E-state index contributed by atoms with van der Waals surface area (Å²) in [5.41, 5.74) is 2.76. The van der Waals surface area contributed by atoms with Crippen LogP contribution in [-0.4, -0.2) is 7.05 Å². The summed E-state index contributed by atoms with van der Waals surface area (Å²) >= 11 is 5.42. The largest absolute Gasteiger partial charge is 0.313 e. The lowest BCUT2D eigenvalue weighted by Crippen LogP contribution is -2.19. The molecule has 1 nitrogen and oxygen atoms in total. The number of rotatable bonds is 4. The molecule has 0 radical (unpaired) electrons. The average Bonchev–Trinajstić information content (AvgIpc) is 2.75. The number of hydrogen-bond acceptors (Lipinski definition) is 2. The lowest BCUT2D eigenvalue weighted by atomic mass is 10.00. The van der Waals surface area contributed by atoms with Crippen LogP contribution in [-0.2, 0) is 6.42 Å². The third-order valence-electron chi connectivity index (χ3n) is 3.00. The minimum atomic E-state index is 0.389. The van der Waals surface area contributed by atoms with Gasteiger partial charge in [-0.1, -0.05) is 34.1 Å². The molecule has 0 saturated heterocycles. The first-order chi connectivity index (χ1) is 8.22. The Kier molecular flexibility index (Phi) is 4.37. The van der Waals surface area contributed by atoms with Crippen molar-refractivity contribution in [2.75, 3.05) is 7.05 Å². The number of benzene rings is 1. The highest BCUT2D eigenvalue weighted by Crippen LogP contribution is 2.27. The van der Waals surface area contributed by atoms with Crippen molar-refractivity contribution in [3.63, 3.8) is 0 Å². The Balaban J connectivity index is 2.22. The number of thiophene rings is 1. The zero-order chi connectivity index (χ0) is 12.3. The van der Waals surface area contributed by atoms with E-state index in [0.717, 1.165) is 6.42 Å². The van der Waals surface area contributed by atoms with E-state index in [1.807, 2.05) is 18.4 Å². The summed E-state index contributed by atoms with van der Waals surface area (Å²) in [7, 11) is 2.03. The first-order valence-corrected chi connectivity index (χ1v) is 7.34. The van der Waals surface area contributed by atoms with Crippen LogP contribution in [0.5, 0.6) is 0 Å². The van der Waals surface area contributed by atoms with Crippen LogP contribution in [0.25, 0.3) is 0 Å². The van der Waals surface area contributed by atoms with Crippen molar-refractivity contribution in [2.45, 2.75) is 19.4 Å². The van der Waals surface area contributed by atoms with E-state index < -0.39 is 0 Å². The fraction of sp³-hybridized carbons (Fsp3) is 0.286. The Bertz CT molecular complexity index is 492. The Labute approximate surface area is 115 Å². The number of hydrogen-bond donors (Lipinski definition) is 1. The van der Waals surface area contributed by atoms with Crippen LogP contribution in [0.2, 0.25) is 0 Å². The molecule has 17 heavy (non-hydrogen) atoms. The quantitative estimate of drug-likeness (QED) is 0.886. The van der Waals surface area contributed by atoms with Crippen LogP contribution in [0.15, 0.2) is 40.2 Å². The summed E-state index contributed by atoms with van der Waals surface area (Å²) in [6, 6.07) is 11.0. The zero-order valence-corrected chi connectivity index (χ0v) is 12.4. The Morgan fingerprint density at radius 2 is 2.06 bits per heavy atom. The van der Waals surface area contributed by atoms with Crippen molar-refractivity contribution in [1.29, 1.82) is 0 Å². The molecule has 2 aromatic rings. The highest BCUT2D eigenvalue weighted by Gasteiger charge is 2.14. The van der Waals surface area contributed by atoms with Gasteiger partial charge in [-0.3, -0.25) is 0 Å². The van der Waals surface area contributed by atoms with Gasteiger partial charge in [0.2, 0.25) is 0 Å². The van der Waals surface area contributed by atoms with Gasteiger partial charge in [-0.05, 0) is 49.0 Å². The Morgan fingerprint density at radius 3 is 2.65 bits per heavy atom. The second-order valence-corrected chi connectivity index (χ2v) is 6.04. The molecule has 0 aliphatic heterocycles. The van der Waals surface area contributed by atoms with E-state index in [2.05, 4.69) is 63.9 Å². The fourth-order valence-electron chi connectivity index (χ4n) is 2.01. The first kappa shape index (κ1) is 12.8. The Morgan fingerprint density at radius 1 is 1.29 bits per heavy atom. The van der Waals surface area contributed by atoms with Gasteiger partial charge in [-0.25, -0.2) is 0 Å². The van der Waals surface area contributed by atoms with Gasteiger partial charge in [0.1, 0.15) is 0 Å². The molecule has 0 amide bonds. The van der Waals surface area contributed by atoms with E-state index in [0.29, 0.717) is 6.04 Å². The molecule has 0 spiro atoms. The van der Waals surface area contributed by atoms with Crippen LogP contribution < -0.4 is 5.32 Å². The van der Waals surface area contributed by atoms with Gasteiger partial charge >= 0.3 is 0 Å². The molecule has 0 aliphatic carbocycles. The Hall–Kier alpha value is -0.640. The summed E-state index contributed by atoms with van der Waals surface area (Å²) in [6.45, 7) is 2.18. The number of aryl methyl sites for hydroxylation is 1. The summed E-state index contributed by atoms with van der Waals surface area (Å²) in [4.78, 5) is 1.40. The van der Waals surface area contributed by atoms with E-state index in [4.69, 9.17) is 0 Å². The average molecular weight is 310 g/mol. The SMILES string of the molecule is CNC(Cc1ccccc1Br)c1ccsc1C. The summed E-state index contributed by atoms with van der Waals surface area (Å²) in [6.07, 6.45) is 1.01. The summed E-state index contributed by atoms with van der Waals surface area (Å²) in [5, 5.41) is 5.57. The topological polar surface area (TPSA) is 12.0 Å². The molecular weight excluding hydrogens is 294 g/mol. The van der Waals surface area contributed by atoms with E-state index in [1.54, 1.807) is 0 Å². The van der Waals surface area contributed by atoms with Crippen LogP contribution in [0.4, 0.5) is 0 Å². The van der Waals surface area contributed by atoms with Gasteiger partial charge in [0.05, 0.1) is 0 Å². The lowest BCUT2D eigenvalue weighted by Gasteiger charge is -2.17. The standard InChI is InChI=1S/C14H16BrNS/c1-10-12(7-8-17-10)14(16-2)9-11-5-3-4-6-13(11)15/h3-8,14,16H,9H2,1-2H3. The molecule has 1 aromatic carbocycles. The molecule has 0 saturated carbocycles. The number of nitrogens with one attached hydrogen (secondary N) is 1. The molecule has 1 heterocycles. The third kappa shape index (κ3) is 2.97. The molecule has 0 aliphatic rings. The van der Waals surface area contributed by atoms with Gasteiger partial charge in [0.15, 0.2) is 0 Å². The molecule has 1 aromatic heterocycles. The minimum Gasteiger partial charge on any atom is -0.313 e. The van der Waals surface area contributed by atoms with Gasteiger partial charge in [-0.15, -0.1) is 11.3 Å². The second-order valence-electron chi connectivity index (χ2n) is 4.07. The molecule has 90 valence electrons. The van der Waals surface area contributed by atoms with Crippen molar-refractivity contribution in [3.8, 4) is 0 Å². The smallest absolute Gasteiger partial charge is 0.0369 e. The molecule has 3 heteroatoms. The van der Waals surface area contributed by atoms with E-state index in [1.165, 1.54) is 20.5 Å². The van der Waals surface area contributed by atoms with Gasteiger partial charge in [0, 0.05) is 15.4 Å². The maximum absolute atomic E-state index is 3.61. The van der Waals surface area contributed by atoms with E-state index in [9.17, 15) is 0 Å². The van der Waals surface area contributed by atoms with Crippen molar-refractivity contribution in [1.82, 2.24) is 5.32 Å². The van der Waals surface area contributed by atoms with E-state index >= 15 is 0 Å². The molecule has 2 rings (SSSR count). The normalized spacial score (nSPS) is 12.6. The van der Waals surface area contributed by atoms with Crippen molar-refractivity contribution >= 4 is 27.3 Å². The number of halogens is 1. The van der Waals surface area contributed by atoms with Gasteiger partial charge in [-0.2, -0.15) is 0 Å². The van der Waals surface area contributed by atoms with Crippen LogP contribution >= 0.6 is 27.3 Å². The minimum absolute atomic E-state index is 0.389. The van der Waals surface area contributed by atoms with Crippen molar-refractivity contribution in [2.24, 2.45) is 0 Å². The van der Waals surface area contributed by atoms with Crippen LogP contribution in [0, 0.1) is 6.92 Å². The third-order valence-corrected chi connectivity index (χ3v) is 4.64. The molecule has 1 unspecified atom stereocenters. The zero-order valence-electron chi connectivity index (χ0n) is 10.0. The molecule has 1 N–H and O–H groups in total. The van der Waals surface area contributed by atoms with Gasteiger partial charge < -0.3 is 5.32 Å². The molecule has 0 bridgehead atoms. The van der Waals surface area contributed by atoms with Crippen LogP contribution in [0.1, 0.15) is 22.0 Å². The maximum Gasteiger partial charge on any atom is 0.0369 e.